The van der Waals surface area contributed by atoms with Crippen molar-refractivity contribution in [2.75, 3.05) is 0 Å². The van der Waals surface area contributed by atoms with Crippen LogP contribution in [0.15, 0.2) is 97.1 Å². The first-order chi connectivity index (χ1) is 20.0. The molecule has 0 atom stereocenters. The van der Waals surface area contributed by atoms with Crippen LogP contribution in [0.5, 0.6) is 0 Å². The quantitative estimate of drug-likeness (QED) is 0.110. The third-order valence-corrected chi connectivity index (χ3v) is 6.94. The van der Waals surface area contributed by atoms with Gasteiger partial charge in [-0.3, -0.25) is 4.79 Å². The third kappa shape index (κ3) is 13.9. The maximum atomic E-state index is 12.2. The van der Waals surface area contributed by atoms with E-state index in [1.807, 2.05) is 49.4 Å². The second-order valence-corrected chi connectivity index (χ2v) is 12.7. The smallest absolute Gasteiger partial charge is 0.193 e. The van der Waals surface area contributed by atoms with Crippen LogP contribution in [0.2, 0.25) is 0 Å². The number of carbonyl (C=O) groups excluding carboxylic acids is 1. The van der Waals surface area contributed by atoms with Gasteiger partial charge in [-0.05, 0) is 72.3 Å². The molecule has 4 aromatic rings. The summed E-state index contributed by atoms with van der Waals surface area (Å²) < 4.78 is 0. The standard InChI is InChI=1S/C17H18O.C14H16.C9H19N/c1-13(2)12-14-8-10-16(11-9-14)17(18)15-6-4-3-5-7-15;1-11(2)9-12-7-8-13-5-3-4-6-14(13)10-12;1-8(2)6-4-5-7-9(3)10/h3-11,13H,12H2,1-2H3;3-8,10-11H,9H2,1-2H3;8,10H,4-7H2,1-3H3. The molecule has 0 radical (unpaired) electrons. The first-order valence-electron chi connectivity index (χ1n) is 15.8. The van der Waals surface area contributed by atoms with E-state index in [0.717, 1.165) is 41.5 Å². The maximum absolute atomic E-state index is 12.2. The van der Waals surface area contributed by atoms with E-state index in [1.54, 1.807) is 0 Å². The predicted octanol–water partition coefficient (Wildman–Crippen LogP) is 11.4. The second-order valence-electron chi connectivity index (χ2n) is 12.7. The van der Waals surface area contributed by atoms with Gasteiger partial charge in [0, 0.05) is 16.8 Å². The maximum Gasteiger partial charge on any atom is 0.193 e. The number of rotatable bonds is 11. The van der Waals surface area contributed by atoms with Crippen molar-refractivity contribution in [2.24, 2.45) is 17.8 Å². The number of fused-ring (bicyclic) bond motifs is 1. The Hall–Kier alpha value is -3.52. The van der Waals surface area contributed by atoms with Gasteiger partial charge in [0.25, 0.3) is 0 Å². The Kier molecular flexibility index (Phi) is 15.5. The summed E-state index contributed by atoms with van der Waals surface area (Å²) in [5, 5.41) is 9.87. The lowest BCUT2D eigenvalue weighted by molar-refractivity contribution is 0.103. The molecule has 0 saturated carbocycles. The molecule has 0 aliphatic carbocycles. The minimum atomic E-state index is 0.0895. The van der Waals surface area contributed by atoms with Gasteiger partial charge in [-0.1, -0.05) is 151 Å². The number of benzene rings is 4. The molecule has 0 fully saturated rings. The molecule has 1 N–H and O–H groups in total. The van der Waals surface area contributed by atoms with Crippen LogP contribution in [0, 0.1) is 23.2 Å². The molecule has 0 bridgehead atoms. The number of hydrogen-bond acceptors (Lipinski definition) is 2. The highest BCUT2D eigenvalue weighted by atomic mass is 16.1. The van der Waals surface area contributed by atoms with Gasteiger partial charge in [-0.15, -0.1) is 0 Å². The van der Waals surface area contributed by atoms with E-state index >= 15 is 0 Å². The van der Waals surface area contributed by atoms with E-state index < -0.39 is 0 Å². The summed E-state index contributed by atoms with van der Waals surface area (Å²) in [7, 11) is 0. The van der Waals surface area contributed by atoms with Crippen LogP contribution in [0.3, 0.4) is 0 Å². The fourth-order valence-electron chi connectivity index (χ4n) is 4.80. The first kappa shape index (κ1) is 34.7. The highest BCUT2D eigenvalue weighted by Gasteiger charge is 2.08. The molecule has 0 aliphatic rings. The lowest BCUT2D eigenvalue weighted by atomic mass is 9.98. The van der Waals surface area contributed by atoms with E-state index in [2.05, 4.69) is 96.1 Å². The van der Waals surface area contributed by atoms with Crippen LogP contribution >= 0.6 is 0 Å². The lowest BCUT2D eigenvalue weighted by Crippen LogP contribution is -2.01. The van der Waals surface area contributed by atoms with Crippen molar-refractivity contribution in [1.29, 1.82) is 5.41 Å². The number of hydrogen-bond donors (Lipinski definition) is 1. The molecule has 4 aromatic carbocycles. The SMILES string of the molecule is CC(=N)CCCCC(C)C.CC(C)Cc1ccc(C(=O)c2ccccc2)cc1.CC(C)Cc1ccc2ccccc2c1. The van der Waals surface area contributed by atoms with Crippen LogP contribution in [0.1, 0.15) is 101 Å². The van der Waals surface area contributed by atoms with E-state index in [9.17, 15) is 4.79 Å². The Bertz CT molecular complexity index is 1330. The van der Waals surface area contributed by atoms with Gasteiger partial charge < -0.3 is 5.41 Å². The normalized spacial score (nSPS) is 10.7. The molecule has 42 heavy (non-hydrogen) atoms. The number of carbonyl (C=O) groups is 1. The summed E-state index contributed by atoms with van der Waals surface area (Å²) in [4.78, 5) is 12.2. The van der Waals surface area contributed by atoms with Gasteiger partial charge in [-0.25, -0.2) is 0 Å². The molecule has 0 aliphatic heterocycles. The second kappa shape index (κ2) is 18.8. The van der Waals surface area contributed by atoms with Gasteiger partial charge in [0.15, 0.2) is 5.78 Å². The first-order valence-corrected chi connectivity index (χ1v) is 15.8. The molecule has 2 nitrogen and oxygen atoms in total. The molecule has 0 aromatic heterocycles. The molecule has 0 spiro atoms. The van der Waals surface area contributed by atoms with Crippen molar-refractivity contribution in [3.05, 3.63) is 119 Å². The van der Waals surface area contributed by atoms with Gasteiger partial charge in [0.2, 0.25) is 0 Å². The van der Waals surface area contributed by atoms with Crippen LogP contribution in [-0.2, 0) is 12.8 Å². The summed E-state index contributed by atoms with van der Waals surface area (Å²) in [5.41, 5.74) is 5.06. The van der Waals surface area contributed by atoms with Gasteiger partial charge in [0.05, 0.1) is 0 Å². The Labute approximate surface area is 256 Å². The third-order valence-electron chi connectivity index (χ3n) is 6.94. The van der Waals surface area contributed by atoms with Crippen molar-refractivity contribution in [3.63, 3.8) is 0 Å². The average molecular weight is 564 g/mol. The van der Waals surface area contributed by atoms with Gasteiger partial charge >= 0.3 is 0 Å². The Morgan fingerprint density at radius 3 is 1.69 bits per heavy atom. The summed E-state index contributed by atoms with van der Waals surface area (Å²) in [6.45, 7) is 15.3. The highest BCUT2D eigenvalue weighted by molar-refractivity contribution is 6.08. The number of unbranched alkanes of at least 4 members (excludes halogenated alkanes) is 1. The van der Waals surface area contributed by atoms with Crippen LogP contribution in [-0.4, -0.2) is 11.5 Å². The topological polar surface area (TPSA) is 40.9 Å². The zero-order valence-electron chi connectivity index (χ0n) is 27.1. The van der Waals surface area contributed by atoms with E-state index in [4.69, 9.17) is 5.41 Å². The van der Waals surface area contributed by atoms with Crippen LogP contribution in [0.25, 0.3) is 10.8 Å². The molecule has 2 heteroatoms. The molecule has 0 heterocycles. The van der Waals surface area contributed by atoms with Gasteiger partial charge in [-0.2, -0.15) is 0 Å². The number of ketones is 1. The van der Waals surface area contributed by atoms with Crippen molar-refractivity contribution >= 4 is 22.3 Å². The Balaban J connectivity index is 0.000000231. The minimum absolute atomic E-state index is 0.0895. The molecule has 224 valence electrons. The van der Waals surface area contributed by atoms with Crippen molar-refractivity contribution in [2.45, 2.75) is 87.0 Å². The van der Waals surface area contributed by atoms with Crippen LogP contribution in [0.4, 0.5) is 0 Å². The van der Waals surface area contributed by atoms with Gasteiger partial charge in [0.1, 0.15) is 0 Å². The lowest BCUT2D eigenvalue weighted by Gasteiger charge is -2.06. The summed E-state index contributed by atoms with van der Waals surface area (Å²) in [5.74, 6) is 2.29. The summed E-state index contributed by atoms with van der Waals surface area (Å²) in [6, 6.07) is 32.6. The van der Waals surface area contributed by atoms with E-state index in [-0.39, 0.29) is 5.78 Å². The van der Waals surface area contributed by atoms with E-state index in [0.29, 0.717) is 5.92 Å². The molecular weight excluding hydrogens is 510 g/mol. The largest absolute Gasteiger partial charge is 0.310 e. The zero-order chi connectivity index (χ0) is 30.9. The number of nitrogens with one attached hydrogen (secondary N) is 1. The Morgan fingerprint density at radius 1 is 0.595 bits per heavy atom. The highest BCUT2D eigenvalue weighted by Crippen LogP contribution is 2.18. The fourth-order valence-corrected chi connectivity index (χ4v) is 4.80. The monoisotopic (exact) mass is 563 g/mol. The molecular formula is C40H53NO. The van der Waals surface area contributed by atoms with Crippen LogP contribution < -0.4 is 0 Å². The minimum Gasteiger partial charge on any atom is -0.310 e. The zero-order valence-corrected chi connectivity index (χ0v) is 27.1. The fraction of sp³-hybridized carbons (Fsp3) is 0.400. The summed E-state index contributed by atoms with van der Waals surface area (Å²) >= 11 is 0. The average Bonchev–Trinajstić information content (AvgIpc) is 2.96. The Morgan fingerprint density at radius 2 is 1.12 bits per heavy atom. The van der Waals surface area contributed by atoms with E-state index in [1.165, 1.54) is 47.6 Å². The van der Waals surface area contributed by atoms with Crippen molar-refractivity contribution in [1.82, 2.24) is 0 Å². The van der Waals surface area contributed by atoms with Crippen molar-refractivity contribution in [3.8, 4) is 0 Å². The molecule has 4 rings (SSSR count). The molecule has 0 unspecified atom stereocenters. The predicted molar refractivity (Wildman–Crippen MR) is 184 cm³/mol. The molecule has 0 amide bonds. The van der Waals surface area contributed by atoms with Crippen molar-refractivity contribution < 1.29 is 4.79 Å². The summed E-state index contributed by atoms with van der Waals surface area (Å²) in [6.07, 6.45) is 7.02. The molecule has 0 saturated heterocycles.